The number of aliphatic hydroxyl groups is 4. The third kappa shape index (κ3) is 28.6. The van der Waals surface area contributed by atoms with E-state index in [2.05, 4.69) is 27.7 Å². The average Bonchev–Trinajstić information content (AvgIpc) is 3.25. The molecule has 0 aliphatic carbocycles. The Labute approximate surface area is 367 Å². The highest BCUT2D eigenvalue weighted by Gasteiger charge is 2.37. The lowest BCUT2D eigenvalue weighted by Crippen LogP contribution is -2.47. The summed E-state index contributed by atoms with van der Waals surface area (Å²) < 4.78 is 56.6. The topological polar surface area (TPSA) is 180 Å². The Hall–Kier alpha value is -0.206. The Morgan fingerprint density at radius 3 is 0.983 bits per heavy atom. The van der Waals surface area contributed by atoms with Crippen LogP contribution in [-0.4, -0.2) is 207 Å². The van der Waals surface area contributed by atoms with Crippen molar-refractivity contribution in [3.05, 3.63) is 0 Å². The van der Waals surface area contributed by atoms with E-state index in [-0.39, 0.29) is 52.6 Å². The van der Waals surface area contributed by atoms with Crippen LogP contribution in [0.5, 0.6) is 0 Å². The molecule has 0 rings (SSSR count). The van der Waals surface area contributed by atoms with Gasteiger partial charge in [0.05, 0.1) is 50.8 Å². The number of unbranched alkanes of at least 4 members (excludes halogenated alkanes) is 2. The summed E-state index contributed by atoms with van der Waals surface area (Å²) in [5.74, 6) is 0.924. The molecule has 0 spiro atoms. The number of hydrogen-bond acceptors (Lipinski definition) is 16. The van der Waals surface area contributed by atoms with Gasteiger partial charge in [0.1, 0.15) is 0 Å². The fraction of sp³-hybridized carbons (Fsp3) is 1.00. The molecule has 0 bridgehead atoms. The molecule has 0 saturated heterocycles. The van der Waals surface area contributed by atoms with Crippen LogP contribution in [0.2, 0.25) is 12.1 Å². The first-order chi connectivity index (χ1) is 28.9. The van der Waals surface area contributed by atoms with Gasteiger partial charge in [-0.05, 0) is 37.5 Å². The van der Waals surface area contributed by atoms with E-state index in [1.807, 2.05) is 9.80 Å². The standard InChI is InChI=1S/C42H92N2O14Si2/c1-11-15-19-37(13-3)31-57-35-41(47)29-44(30-42(48)36-58-32-38(14-4)20-16-12-2)22-21-43(27-39(45)33-55-23-17-25-59(49-5,50-6)51-7)28-40(46)34-56-24-18-26-60(52-8,53-9)54-10/h37-42,45-48H,11-36H2,1-10H3. The van der Waals surface area contributed by atoms with Crippen LogP contribution in [-0.2, 0) is 45.5 Å². The normalized spacial score (nSPS) is 15.8. The van der Waals surface area contributed by atoms with Crippen molar-refractivity contribution in [3.63, 3.8) is 0 Å². The van der Waals surface area contributed by atoms with Gasteiger partial charge in [0.25, 0.3) is 0 Å². The maximum atomic E-state index is 11.1. The molecule has 0 saturated carbocycles. The highest BCUT2D eigenvalue weighted by Crippen LogP contribution is 2.17. The fourth-order valence-corrected chi connectivity index (χ4v) is 10.4. The Morgan fingerprint density at radius 2 is 0.717 bits per heavy atom. The van der Waals surface area contributed by atoms with E-state index in [0.29, 0.717) is 76.3 Å². The van der Waals surface area contributed by atoms with Gasteiger partial charge >= 0.3 is 17.6 Å². The van der Waals surface area contributed by atoms with Crippen LogP contribution in [0.3, 0.4) is 0 Å². The van der Waals surface area contributed by atoms with E-state index in [1.54, 1.807) is 42.7 Å². The minimum absolute atomic E-state index is 0.0958. The summed E-state index contributed by atoms with van der Waals surface area (Å²) in [7, 11) is 4.02. The van der Waals surface area contributed by atoms with Crippen LogP contribution in [0.25, 0.3) is 0 Å². The molecule has 6 atom stereocenters. The van der Waals surface area contributed by atoms with E-state index in [4.69, 9.17) is 45.5 Å². The molecular weight excluding hydrogens is 813 g/mol. The third-order valence-electron chi connectivity index (χ3n) is 11.1. The molecule has 362 valence electrons. The van der Waals surface area contributed by atoms with Crippen molar-refractivity contribution in [2.75, 3.05) is 135 Å². The fourth-order valence-electron chi connectivity index (χ4n) is 7.07. The van der Waals surface area contributed by atoms with Gasteiger partial charge in [0, 0.05) is 120 Å². The molecule has 6 unspecified atom stereocenters. The van der Waals surface area contributed by atoms with E-state index in [1.165, 1.54) is 0 Å². The maximum absolute atomic E-state index is 11.1. The van der Waals surface area contributed by atoms with Gasteiger partial charge in [-0.2, -0.15) is 0 Å². The molecule has 0 amide bonds. The highest BCUT2D eigenvalue weighted by atomic mass is 28.4. The Kier molecular flexibility index (Phi) is 38.0. The molecule has 0 aromatic rings. The summed E-state index contributed by atoms with van der Waals surface area (Å²) >= 11 is 0. The smallest absolute Gasteiger partial charge is 0.389 e. The van der Waals surface area contributed by atoms with E-state index in [9.17, 15) is 20.4 Å². The van der Waals surface area contributed by atoms with Gasteiger partial charge in [0.2, 0.25) is 0 Å². The van der Waals surface area contributed by atoms with Crippen LogP contribution in [0, 0.1) is 11.8 Å². The van der Waals surface area contributed by atoms with Gasteiger partial charge in [-0.1, -0.05) is 66.2 Å². The monoisotopic (exact) mass is 905 g/mol. The zero-order valence-corrected chi connectivity index (χ0v) is 41.6. The first kappa shape index (κ1) is 59.8. The second-order valence-electron chi connectivity index (χ2n) is 16.0. The summed E-state index contributed by atoms with van der Waals surface area (Å²) in [5.41, 5.74) is 0. The van der Waals surface area contributed by atoms with E-state index in [0.717, 1.165) is 51.4 Å². The number of hydrogen-bond donors (Lipinski definition) is 4. The quantitative estimate of drug-likeness (QED) is 0.0507. The lowest BCUT2D eigenvalue weighted by Gasteiger charge is -2.32. The molecule has 16 nitrogen and oxygen atoms in total. The molecule has 60 heavy (non-hydrogen) atoms. The zero-order chi connectivity index (χ0) is 45.1. The maximum Gasteiger partial charge on any atom is 0.500 e. The SMILES string of the molecule is CCCCC(CC)COCC(O)CN(CCN(CC(O)COCCC[Si](OC)(OC)OC)CC(O)COCCC[Si](OC)(OC)OC)CC(O)COCC(CC)CCCC. The second kappa shape index (κ2) is 38.1. The van der Waals surface area contributed by atoms with Crippen molar-refractivity contribution >= 4 is 17.6 Å². The average molecular weight is 905 g/mol. The van der Waals surface area contributed by atoms with Crippen molar-refractivity contribution in [1.29, 1.82) is 0 Å². The van der Waals surface area contributed by atoms with Crippen LogP contribution < -0.4 is 0 Å². The van der Waals surface area contributed by atoms with Crippen LogP contribution in [0.15, 0.2) is 0 Å². The zero-order valence-electron chi connectivity index (χ0n) is 39.6. The number of aliphatic hydroxyl groups excluding tert-OH is 4. The summed E-state index contributed by atoms with van der Waals surface area (Å²) in [6, 6.07) is 1.16. The van der Waals surface area contributed by atoms with Gasteiger partial charge < -0.3 is 65.9 Å². The number of nitrogens with zero attached hydrogens (tertiary/aromatic N) is 2. The largest absolute Gasteiger partial charge is 0.500 e. The van der Waals surface area contributed by atoms with Crippen LogP contribution >= 0.6 is 0 Å². The molecule has 0 aliphatic rings. The Morgan fingerprint density at radius 1 is 0.417 bits per heavy atom. The summed E-state index contributed by atoms with van der Waals surface area (Å²) in [5, 5.41) is 44.5. The van der Waals surface area contributed by atoms with Gasteiger partial charge in [-0.3, -0.25) is 9.80 Å². The molecule has 0 radical (unpaired) electrons. The molecule has 0 aromatic heterocycles. The lowest BCUT2D eigenvalue weighted by atomic mass is 10.0. The first-order valence-electron chi connectivity index (χ1n) is 22.7. The Bertz CT molecular complexity index is 863. The summed E-state index contributed by atoms with van der Waals surface area (Å²) in [4.78, 5) is 3.98. The molecule has 0 aromatic carbocycles. The predicted octanol–water partition coefficient (Wildman–Crippen LogP) is 4.07. The molecular formula is C42H92N2O14Si2. The van der Waals surface area contributed by atoms with Crippen molar-refractivity contribution < 1.29 is 65.9 Å². The van der Waals surface area contributed by atoms with Crippen molar-refractivity contribution in [1.82, 2.24) is 9.80 Å². The molecule has 4 N–H and O–H groups in total. The second-order valence-corrected chi connectivity index (χ2v) is 22.2. The van der Waals surface area contributed by atoms with Gasteiger partial charge in [-0.15, -0.1) is 0 Å². The first-order valence-corrected chi connectivity index (χ1v) is 26.5. The molecule has 0 aliphatic heterocycles. The van der Waals surface area contributed by atoms with E-state index < -0.39 is 42.0 Å². The minimum Gasteiger partial charge on any atom is -0.389 e. The summed E-state index contributed by atoms with van der Waals surface area (Å²) in [6.07, 6.45) is 6.95. The summed E-state index contributed by atoms with van der Waals surface area (Å²) in [6.45, 7) is 13.2. The Balaban J connectivity index is 5.73. The molecule has 0 fully saturated rings. The van der Waals surface area contributed by atoms with Crippen molar-refractivity contribution in [2.45, 2.75) is 128 Å². The van der Waals surface area contributed by atoms with Gasteiger partial charge in [0.15, 0.2) is 0 Å². The number of rotatable bonds is 45. The van der Waals surface area contributed by atoms with E-state index >= 15 is 0 Å². The highest BCUT2D eigenvalue weighted by molar-refractivity contribution is 6.60. The third-order valence-corrected chi connectivity index (χ3v) is 16.7. The predicted molar refractivity (Wildman–Crippen MR) is 239 cm³/mol. The minimum atomic E-state index is -2.72. The van der Waals surface area contributed by atoms with Crippen LogP contribution in [0.1, 0.15) is 91.9 Å². The van der Waals surface area contributed by atoms with Crippen molar-refractivity contribution in [3.8, 4) is 0 Å². The lowest BCUT2D eigenvalue weighted by molar-refractivity contribution is -0.0291. The number of ether oxygens (including phenoxy) is 4. The van der Waals surface area contributed by atoms with Crippen molar-refractivity contribution in [2.24, 2.45) is 11.8 Å². The van der Waals surface area contributed by atoms with Gasteiger partial charge in [-0.25, -0.2) is 0 Å². The molecule has 18 heteroatoms. The molecule has 0 heterocycles. The van der Waals surface area contributed by atoms with Crippen LogP contribution in [0.4, 0.5) is 0 Å².